The molecule has 0 bridgehead atoms. The average Bonchev–Trinajstić information content (AvgIpc) is 2.66. The molecular formula is C21H25NO4. The molecule has 0 fully saturated rings. The molecule has 5 heteroatoms. The lowest BCUT2D eigenvalue weighted by atomic mass is 10.0. The quantitative estimate of drug-likeness (QED) is 0.714. The molecule has 0 aliphatic heterocycles. The lowest BCUT2D eigenvalue weighted by molar-refractivity contribution is -0.151. The molecule has 0 aliphatic carbocycles. The maximum atomic E-state index is 12.3. The summed E-state index contributed by atoms with van der Waals surface area (Å²) < 4.78 is 5.01. The number of ether oxygens (including phenoxy) is 1. The largest absolute Gasteiger partial charge is 0.464 e. The van der Waals surface area contributed by atoms with E-state index in [-0.39, 0.29) is 18.9 Å². The molecule has 2 unspecified atom stereocenters. The Balaban J connectivity index is 2.02. The lowest BCUT2D eigenvalue weighted by Gasteiger charge is -2.23. The monoisotopic (exact) mass is 355 g/mol. The summed E-state index contributed by atoms with van der Waals surface area (Å²) in [6, 6.07) is 15.6. The maximum absolute atomic E-state index is 12.3. The second kappa shape index (κ2) is 9.73. The molecule has 2 aromatic carbocycles. The van der Waals surface area contributed by atoms with Gasteiger partial charge in [-0.2, -0.15) is 0 Å². The minimum atomic E-state index is -1.17. The highest BCUT2D eigenvalue weighted by atomic mass is 16.5. The molecule has 0 aromatic heterocycles. The Hall–Kier alpha value is -2.66. The van der Waals surface area contributed by atoms with Gasteiger partial charge in [0.25, 0.3) is 0 Å². The average molecular weight is 355 g/mol. The van der Waals surface area contributed by atoms with Gasteiger partial charge < -0.3 is 15.2 Å². The molecule has 5 nitrogen and oxygen atoms in total. The molecule has 0 saturated heterocycles. The topological polar surface area (TPSA) is 75.6 Å². The van der Waals surface area contributed by atoms with Gasteiger partial charge in [-0.1, -0.05) is 60.2 Å². The van der Waals surface area contributed by atoms with Gasteiger partial charge in [-0.25, -0.2) is 4.79 Å². The van der Waals surface area contributed by atoms with Crippen LogP contribution in [0.1, 0.15) is 36.1 Å². The minimum absolute atomic E-state index is 0.177. The van der Waals surface area contributed by atoms with E-state index >= 15 is 0 Å². The molecule has 26 heavy (non-hydrogen) atoms. The molecule has 0 aliphatic rings. The van der Waals surface area contributed by atoms with E-state index in [0.29, 0.717) is 12.0 Å². The molecule has 138 valence electrons. The molecule has 2 rings (SSSR count). The first-order valence-corrected chi connectivity index (χ1v) is 8.75. The van der Waals surface area contributed by atoms with Crippen LogP contribution in [0.15, 0.2) is 54.6 Å². The smallest absolute Gasteiger partial charge is 0.331 e. The van der Waals surface area contributed by atoms with Crippen LogP contribution in [-0.2, 0) is 20.7 Å². The van der Waals surface area contributed by atoms with Crippen LogP contribution in [0.4, 0.5) is 0 Å². The standard InChI is InChI=1S/C21H25NO4/c1-3-26-21(25)19(20(24)17-7-5-4-6-8-17)22-18(23)14-13-16-11-9-15(2)10-12-16/h4-12,19-20,24H,3,13-14H2,1-2H3,(H,22,23). The fourth-order valence-electron chi connectivity index (χ4n) is 2.60. The predicted molar refractivity (Wildman–Crippen MR) is 99.5 cm³/mol. The van der Waals surface area contributed by atoms with Gasteiger partial charge in [0, 0.05) is 6.42 Å². The molecule has 0 saturated carbocycles. The zero-order valence-corrected chi connectivity index (χ0v) is 15.1. The van der Waals surface area contributed by atoms with Gasteiger partial charge in [0.1, 0.15) is 6.10 Å². The molecule has 2 atom stereocenters. The van der Waals surface area contributed by atoms with Gasteiger partial charge in [-0.15, -0.1) is 0 Å². The third kappa shape index (κ3) is 5.70. The summed E-state index contributed by atoms with van der Waals surface area (Å²) in [5, 5.41) is 13.1. The number of rotatable bonds is 8. The summed E-state index contributed by atoms with van der Waals surface area (Å²) in [5.41, 5.74) is 2.75. The van der Waals surface area contributed by atoms with Gasteiger partial charge in [0.15, 0.2) is 6.04 Å². The minimum Gasteiger partial charge on any atom is -0.464 e. The Labute approximate surface area is 154 Å². The molecule has 0 spiro atoms. The number of esters is 1. The number of carbonyl (C=O) groups excluding carboxylic acids is 2. The third-order valence-corrected chi connectivity index (χ3v) is 4.08. The molecule has 0 radical (unpaired) electrons. The lowest BCUT2D eigenvalue weighted by Crippen LogP contribution is -2.46. The Morgan fingerprint density at radius 1 is 1.08 bits per heavy atom. The van der Waals surface area contributed by atoms with Crippen molar-refractivity contribution in [1.29, 1.82) is 0 Å². The normalized spacial score (nSPS) is 12.9. The van der Waals surface area contributed by atoms with Gasteiger partial charge in [-0.05, 0) is 31.4 Å². The fourth-order valence-corrected chi connectivity index (χ4v) is 2.60. The summed E-state index contributed by atoms with van der Waals surface area (Å²) in [5.74, 6) is -0.953. The van der Waals surface area contributed by atoms with E-state index in [1.807, 2.05) is 37.3 Å². The van der Waals surface area contributed by atoms with Crippen LogP contribution in [-0.4, -0.2) is 29.6 Å². The first-order chi connectivity index (χ1) is 12.5. The highest BCUT2D eigenvalue weighted by Crippen LogP contribution is 2.18. The number of aryl methyl sites for hydroxylation is 2. The van der Waals surface area contributed by atoms with Gasteiger partial charge >= 0.3 is 5.97 Å². The first kappa shape index (κ1) is 19.7. The Morgan fingerprint density at radius 3 is 2.35 bits per heavy atom. The number of aliphatic hydroxyl groups excluding tert-OH is 1. The molecule has 0 heterocycles. The molecule has 2 N–H and O–H groups in total. The molecular weight excluding hydrogens is 330 g/mol. The van der Waals surface area contributed by atoms with E-state index in [0.717, 1.165) is 11.1 Å². The zero-order valence-electron chi connectivity index (χ0n) is 15.1. The number of aliphatic hydroxyl groups is 1. The van der Waals surface area contributed by atoms with Crippen molar-refractivity contribution < 1.29 is 19.4 Å². The van der Waals surface area contributed by atoms with Gasteiger partial charge in [0.2, 0.25) is 5.91 Å². The summed E-state index contributed by atoms with van der Waals surface area (Å²) in [7, 11) is 0. The number of nitrogens with one attached hydrogen (secondary N) is 1. The van der Waals surface area contributed by atoms with E-state index in [1.165, 1.54) is 0 Å². The van der Waals surface area contributed by atoms with Gasteiger partial charge in [-0.3, -0.25) is 4.79 Å². The van der Waals surface area contributed by atoms with E-state index < -0.39 is 18.1 Å². The Bertz CT molecular complexity index is 713. The van der Waals surface area contributed by atoms with E-state index in [1.54, 1.807) is 31.2 Å². The molecule has 1 amide bonds. The van der Waals surface area contributed by atoms with Crippen LogP contribution in [0, 0.1) is 6.92 Å². The Morgan fingerprint density at radius 2 is 1.73 bits per heavy atom. The number of amides is 1. The van der Waals surface area contributed by atoms with Crippen molar-refractivity contribution in [2.45, 2.75) is 38.8 Å². The molecule has 2 aromatic rings. The SMILES string of the molecule is CCOC(=O)C(NC(=O)CCc1ccc(C)cc1)C(O)c1ccccc1. The van der Waals surface area contributed by atoms with Crippen LogP contribution in [0.3, 0.4) is 0 Å². The third-order valence-electron chi connectivity index (χ3n) is 4.08. The highest BCUT2D eigenvalue weighted by Gasteiger charge is 2.30. The maximum Gasteiger partial charge on any atom is 0.331 e. The van der Waals surface area contributed by atoms with Crippen molar-refractivity contribution in [3.8, 4) is 0 Å². The van der Waals surface area contributed by atoms with Crippen molar-refractivity contribution in [3.05, 3.63) is 71.3 Å². The second-order valence-corrected chi connectivity index (χ2v) is 6.14. The van der Waals surface area contributed by atoms with Crippen molar-refractivity contribution in [1.82, 2.24) is 5.32 Å². The van der Waals surface area contributed by atoms with Crippen LogP contribution in [0.2, 0.25) is 0 Å². The van der Waals surface area contributed by atoms with Crippen molar-refractivity contribution in [2.24, 2.45) is 0 Å². The van der Waals surface area contributed by atoms with Crippen molar-refractivity contribution in [2.75, 3.05) is 6.61 Å². The van der Waals surface area contributed by atoms with E-state index in [2.05, 4.69) is 5.32 Å². The first-order valence-electron chi connectivity index (χ1n) is 8.75. The fraction of sp³-hybridized carbons (Fsp3) is 0.333. The second-order valence-electron chi connectivity index (χ2n) is 6.14. The number of hydrogen-bond acceptors (Lipinski definition) is 4. The van der Waals surface area contributed by atoms with Crippen molar-refractivity contribution >= 4 is 11.9 Å². The number of benzene rings is 2. The van der Waals surface area contributed by atoms with E-state index in [4.69, 9.17) is 4.74 Å². The summed E-state index contributed by atoms with van der Waals surface area (Å²) in [6.45, 7) is 3.87. The van der Waals surface area contributed by atoms with Crippen molar-refractivity contribution in [3.63, 3.8) is 0 Å². The van der Waals surface area contributed by atoms with Gasteiger partial charge in [0.05, 0.1) is 6.61 Å². The number of carbonyl (C=O) groups is 2. The Kier molecular flexibility index (Phi) is 7.36. The van der Waals surface area contributed by atoms with Crippen LogP contribution in [0.25, 0.3) is 0 Å². The number of hydrogen-bond donors (Lipinski definition) is 2. The summed E-state index contributed by atoms with van der Waals surface area (Å²) >= 11 is 0. The van der Waals surface area contributed by atoms with Crippen LogP contribution in [0.5, 0.6) is 0 Å². The summed E-state index contributed by atoms with van der Waals surface area (Å²) in [6.07, 6.45) is -0.387. The summed E-state index contributed by atoms with van der Waals surface area (Å²) in [4.78, 5) is 24.5. The van der Waals surface area contributed by atoms with Crippen LogP contribution < -0.4 is 5.32 Å². The zero-order chi connectivity index (χ0) is 18.9. The predicted octanol–water partition coefficient (Wildman–Crippen LogP) is 2.71. The highest BCUT2D eigenvalue weighted by molar-refractivity contribution is 5.85. The van der Waals surface area contributed by atoms with Crippen LogP contribution >= 0.6 is 0 Å². The van der Waals surface area contributed by atoms with E-state index in [9.17, 15) is 14.7 Å².